The van der Waals surface area contributed by atoms with Crippen LogP contribution in [-0.4, -0.2) is 63.7 Å². The molecule has 3 fully saturated rings. The zero-order valence-corrected chi connectivity index (χ0v) is 20.6. The molecule has 2 aromatic carbocycles. The number of hydrogen-bond acceptors (Lipinski definition) is 7. The van der Waals surface area contributed by atoms with Crippen LogP contribution in [-0.2, 0) is 4.79 Å². The smallest absolute Gasteiger partial charge is 0.253 e. The number of carbonyl (C=O) groups is 1. The fourth-order valence-electron chi connectivity index (χ4n) is 5.90. The number of ether oxygens (including phenoxy) is 1. The lowest BCUT2D eigenvalue weighted by Crippen LogP contribution is -2.50. The van der Waals surface area contributed by atoms with E-state index in [9.17, 15) is 14.4 Å². The monoisotopic (exact) mass is 480 g/mol. The Kier molecular flexibility index (Phi) is 6.97. The number of nitrogens with one attached hydrogen (secondary N) is 1. The van der Waals surface area contributed by atoms with Crippen LogP contribution in [0.3, 0.4) is 0 Å². The molecule has 1 N–H and O–H groups in total. The third-order valence-electron chi connectivity index (χ3n) is 8.08. The number of rotatable bonds is 7. The Hall–Kier alpha value is -3.03. The summed E-state index contributed by atoms with van der Waals surface area (Å²) >= 11 is 0. The summed E-state index contributed by atoms with van der Waals surface area (Å²) in [6.45, 7) is 5.59. The molecule has 1 amide bonds. The normalized spacial score (nSPS) is 23.1. The lowest BCUT2D eigenvalue weighted by atomic mass is 9.81. The minimum Gasteiger partial charge on any atom is -0.497 e. The summed E-state index contributed by atoms with van der Waals surface area (Å²) < 4.78 is 5.34. The van der Waals surface area contributed by atoms with Gasteiger partial charge in [0.05, 0.1) is 7.11 Å². The maximum absolute atomic E-state index is 13.2. The summed E-state index contributed by atoms with van der Waals surface area (Å²) in [6, 6.07) is 8.08. The summed E-state index contributed by atoms with van der Waals surface area (Å²) in [7, 11) is 1.68. The first kappa shape index (κ1) is 23.7. The van der Waals surface area contributed by atoms with E-state index in [1.54, 1.807) is 7.11 Å². The van der Waals surface area contributed by atoms with Crippen LogP contribution in [0.1, 0.15) is 38.5 Å². The predicted octanol–water partition coefficient (Wildman–Crippen LogP) is 2.46. The molecule has 3 aliphatic rings. The van der Waals surface area contributed by atoms with E-state index in [1.807, 2.05) is 23.1 Å². The fourth-order valence-corrected chi connectivity index (χ4v) is 5.90. The van der Waals surface area contributed by atoms with Crippen molar-refractivity contribution in [1.82, 2.24) is 4.90 Å². The second-order valence-electron chi connectivity index (χ2n) is 10.2. The van der Waals surface area contributed by atoms with Crippen molar-refractivity contribution in [2.24, 2.45) is 11.8 Å². The average molecular weight is 481 g/mol. The molecule has 2 saturated heterocycles. The third kappa shape index (κ3) is 4.88. The standard InChI is InChI=1S/C27H36N4O4/c1-35-22-6-4-5-21(17-22)29-13-15-31(16-14-29)27(34)20-9-7-19(8-10-20)18-28-23-24(26(33)25(23)32)30-11-2-3-12-30/h4-6,17,19-20,28H,2-3,7-16,18H2,1H3. The van der Waals surface area contributed by atoms with Crippen molar-refractivity contribution < 1.29 is 9.53 Å². The quantitative estimate of drug-likeness (QED) is 0.610. The van der Waals surface area contributed by atoms with Gasteiger partial charge in [-0.3, -0.25) is 14.4 Å². The molecule has 188 valence electrons. The Morgan fingerprint density at radius 1 is 0.943 bits per heavy atom. The van der Waals surface area contributed by atoms with Crippen molar-refractivity contribution in [3.05, 3.63) is 44.7 Å². The minimum absolute atomic E-state index is 0.0981. The highest BCUT2D eigenvalue weighted by Crippen LogP contribution is 2.32. The van der Waals surface area contributed by atoms with Gasteiger partial charge in [0.2, 0.25) is 5.91 Å². The van der Waals surface area contributed by atoms with Gasteiger partial charge in [0.1, 0.15) is 17.1 Å². The topological polar surface area (TPSA) is 82.2 Å². The molecule has 0 bridgehead atoms. The molecule has 0 spiro atoms. The van der Waals surface area contributed by atoms with Crippen LogP contribution in [0.25, 0.3) is 0 Å². The van der Waals surface area contributed by atoms with Gasteiger partial charge in [0, 0.05) is 63.5 Å². The molecule has 35 heavy (non-hydrogen) atoms. The summed E-state index contributed by atoms with van der Waals surface area (Å²) in [4.78, 5) is 43.7. The van der Waals surface area contributed by atoms with Gasteiger partial charge in [-0.2, -0.15) is 0 Å². The van der Waals surface area contributed by atoms with E-state index in [0.29, 0.717) is 29.7 Å². The van der Waals surface area contributed by atoms with Gasteiger partial charge >= 0.3 is 0 Å². The van der Waals surface area contributed by atoms with Gasteiger partial charge in [-0.05, 0) is 56.6 Å². The highest BCUT2D eigenvalue weighted by atomic mass is 16.5. The highest BCUT2D eigenvalue weighted by Gasteiger charge is 2.32. The van der Waals surface area contributed by atoms with Gasteiger partial charge in [0.15, 0.2) is 0 Å². The van der Waals surface area contributed by atoms with Gasteiger partial charge in [-0.1, -0.05) is 6.07 Å². The number of anilines is 3. The first-order valence-corrected chi connectivity index (χ1v) is 13.0. The highest BCUT2D eigenvalue weighted by molar-refractivity contribution is 5.79. The first-order valence-electron chi connectivity index (χ1n) is 13.0. The second kappa shape index (κ2) is 10.3. The predicted molar refractivity (Wildman–Crippen MR) is 139 cm³/mol. The molecular weight excluding hydrogens is 444 g/mol. The fraction of sp³-hybridized carbons (Fsp3) is 0.593. The number of amides is 1. The zero-order chi connectivity index (χ0) is 24.4. The van der Waals surface area contributed by atoms with E-state index >= 15 is 0 Å². The molecule has 1 aliphatic carbocycles. The number of hydrogen-bond donors (Lipinski definition) is 1. The number of benzene rings is 1. The second-order valence-corrected chi connectivity index (χ2v) is 10.2. The molecular formula is C27H36N4O4. The van der Waals surface area contributed by atoms with Crippen LogP contribution in [0.4, 0.5) is 17.1 Å². The summed E-state index contributed by atoms with van der Waals surface area (Å²) in [5, 5.41) is 3.29. The summed E-state index contributed by atoms with van der Waals surface area (Å²) in [6.07, 6.45) is 5.89. The Balaban J connectivity index is 1.07. The van der Waals surface area contributed by atoms with E-state index in [0.717, 1.165) is 89.2 Å². The summed E-state index contributed by atoms with van der Waals surface area (Å²) in [5.41, 5.74) is 1.55. The molecule has 0 radical (unpaired) electrons. The van der Waals surface area contributed by atoms with Crippen molar-refractivity contribution in [2.45, 2.75) is 38.5 Å². The maximum atomic E-state index is 13.2. The molecule has 2 heterocycles. The Morgan fingerprint density at radius 2 is 1.66 bits per heavy atom. The van der Waals surface area contributed by atoms with Gasteiger partial charge in [-0.25, -0.2) is 0 Å². The van der Waals surface area contributed by atoms with E-state index in [1.165, 1.54) is 0 Å². The van der Waals surface area contributed by atoms with Crippen molar-refractivity contribution >= 4 is 23.0 Å². The lowest BCUT2D eigenvalue weighted by molar-refractivity contribution is -0.137. The summed E-state index contributed by atoms with van der Waals surface area (Å²) in [5.74, 6) is 1.67. The van der Waals surface area contributed by atoms with Crippen molar-refractivity contribution in [3.63, 3.8) is 0 Å². The van der Waals surface area contributed by atoms with Crippen LogP contribution in [0.15, 0.2) is 33.9 Å². The Morgan fingerprint density at radius 3 is 2.34 bits per heavy atom. The third-order valence-corrected chi connectivity index (χ3v) is 8.08. The van der Waals surface area contributed by atoms with Crippen molar-refractivity contribution in [3.8, 4) is 5.75 Å². The van der Waals surface area contributed by atoms with E-state index in [2.05, 4.69) is 21.2 Å². The molecule has 0 aromatic heterocycles. The number of nitrogens with zero attached hydrogens (tertiary/aromatic N) is 3. The van der Waals surface area contributed by atoms with E-state index < -0.39 is 0 Å². The molecule has 8 nitrogen and oxygen atoms in total. The van der Waals surface area contributed by atoms with Gasteiger partial charge < -0.3 is 24.8 Å². The zero-order valence-electron chi connectivity index (χ0n) is 20.6. The average Bonchev–Trinajstić information content (AvgIpc) is 3.44. The largest absolute Gasteiger partial charge is 0.497 e. The van der Waals surface area contributed by atoms with Crippen LogP contribution in [0.2, 0.25) is 0 Å². The van der Waals surface area contributed by atoms with Crippen LogP contribution >= 0.6 is 0 Å². The number of carbonyl (C=O) groups excluding carboxylic acids is 1. The van der Waals surface area contributed by atoms with Gasteiger partial charge in [-0.15, -0.1) is 0 Å². The van der Waals surface area contributed by atoms with Gasteiger partial charge in [0.25, 0.3) is 10.9 Å². The number of methoxy groups -OCH3 is 1. The minimum atomic E-state index is -0.371. The van der Waals surface area contributed by atoms with Crippen LogP contribution < -0.4 is 30.7 Å². The molecule has 8 heteroatoms. The maximum Gasteiger partial charge on any atom is 0.253 e. The molecule has 2 aliphatic heterocycles. The SMILES string of the molecule is COc1cccc(N2CCN(C(=O)C3CCC(CNc4c(N5CCCC5)c(=O)c4=O)CC3)CC2)c1. The van der Waals surface area contributed by atoms with E-state index in [4.69, 9.17) is 4.74 Å². The van der Waals surface area contributed by atoms with Crippen molar-refractivity contribution in [1.29, 1.82) is 0 Å². The Bertz CT molecular complexity index is 1100. The molecule has 1 saturated carbocycles. The molecule has 0 unspecified atom stereocenters. The molecule has 0 atom stereocenters. The first-order chi connectivity index (χ1) is 17.0. The Labute approximate surface area is 206 Å². The number of piperazine rings is 1. The molecule has 5 rings (SSSR count). The van der Waals surface area contributed by atoms with Crippen molar-refractivity contribution in [2.75, 3.05) is 68.0 Å². The lowest BCUT2D eigenvalue weighted by Gasteiger charge is -2.39. The van der Waals surface area contributed by atoms with Crippen LogP contribution in [0.5, 0.6) is 5.75 Å². The van der Waals surface area contributed by atoms with E-state index in [-0.39, 0.29) is 16.8 Å². The molecule has 2 aromatic rings. The van der Waals surface area contributed by atoms with Crippen LogP contribution in [0, 0.1) is 11.8 Å².